The second-order valence-electron chi connectivity index (χ2n) is 5.01. The predicted octanol–water partition coefficient (Wildman–Crippen LogP) is 2.49. The summed E-state index contributed by atoms with van der Waals surface area (Å²) >= 11 is 0. The first-order chi connectivity index (χ1) is 11.2. The second-order valence-corrected chi connectivity index (χ2v) is 5.01. The molecule has 0 saturated heterocycles. The van der Waals surface area contributed by atoms with Crippen molar-refractivity contribution in [2.45, 2.75) is 6.54 Å². The van der Waals surface area contributed by atoms with Gasteiger partial charge in [0.1, 0.15) is 11.6 Å². The first kappa shape index (κ1) is 14.8. The average molecular weight is 308 g/mol. The number of phenolic OH excluding ortho intramolecular Hbond substituents is 1. The van der Waals surface area contributed by atoms with Crippen molar-refractivity contribution >= 4 is 11.6 Å². The molecule has 1 amide bonds. The molecule has 0 aliphatic heterocycles. The number of nitrogens with two attached hydrogens (primary N) is 1. The van der Waals surface area contributed by atoms with Crippen LogP contribution in [0.1, 0.15) is 15.9 Å². The minimum atomic E-state index is -0.267. The zero-order chi connectivity index (χ0) is 16.2. The lowest BCUT2D eigenvalue weighted by molar-refractivity contribution is 0.102. The molecular formula is C17H16N4O2. The van der Waals surface area contributed by atoms with Crippen molar-refractivity contribution in [1.82, 2.24) is 9.97 Å². The van der Waals surface area contributed by atoms with Crippen molar-refractivity contribution in [2.24, 2.45) is 5.73 Å². The van der Waals surface area contributed by atoms with E-state index >= 15 is 0 Å². The first-order valence-corrected chi connectivity index (χ1v) is 7.10. The number of hydrogen-bond donors (Lipinski definition) is 4. The predicted molar refractivity (Wildman–Crippen MR) is 88.0 cm³/mol. The van der Waals surface area contributed by atoms with E-state index < -0.39 is 0 Å². The topological polar surface area (TPSA) is 104 Å². The summed E-state index contributed by atoms with van der Waals surface area (Å²) in [4.78, 5) is 19.6. The van der Waals surface area contributed by atoms with Gasteiger partial charge in [-0.2, -0.15) is 0 Å². The van der Waals surface area contributed by atoms with E-state index in [1.54, 1.807) is 24.5 Å². The van der Waals surface area contributed by atoms with Crippen LogP contribution in [-0.4, -0.2) is 21.0 Å². The summed E-state index contributed by atoms with van der Waals surface area (Å²) < 4.78 is 0. The van der Waals surface area contributed by atoms with E-state index in [-0.39, 0.29) is 11.7 Å². The highest BCUT2D eigenvalue weighted by atomic mass is 16.3. The summed E-state index contributed by atoms with van der Waals surface area (Å²) in [5.41, 5.74) is 8.52. The van der Waals surface area contributed by atoms with Gasteiger partial charge in [-0.05, 0) is 35.9 Å². The third kappa shape index (κ3) is 3.22. The van der Waals surface area contributed by atoms with Gasteiger partial charge >= 0.3 is 0 Å². The smallest absolute Gasteiger partial charge is 0.255 e. The standard InChI is InChI=1S/C17H16N4O2/c18-10-13-2-1-12(16-19-7-8-20-16)9-15(13)21-17(23)11-3-5-14(22)6-4-11/h1-9,22H,10,18H2,(H,19,20)(H,21,23). The molecule has 23 heavy (non-hydrogen) atoms. The zero-order valence-corrected chi connectivity index (χ0v) is 12.3. The Hall–Kier alpha value is -3.12. The van der Waals surface area contributed by atoms with Crippen LogP contribution in [0.25, 0.3) is 11.4 Å². The Morgan fingerprint density at radius 2 is 2.00 bits per heavy atom. The molecule has 0 fully saturated rings. The molecule has 116 valence electrons. The monoisotopic (exact) mass is 308 g/mol. The molecule has 5 N–H and O–H groups in total. The number of aromatic amines is 1. The Labute approximate surface area is 133 Å². The fraction of sp³-hybridized carbons (Fsp3) is 0.0588. The summed E-state index contributed by atoms with van der Waals surface area (Å²) in [7, 11) is 0. The third-order valence-corrected chi connectivity index (χ3v) is 3.48. The van der Waals surface area contributed by atoms with Crippen molar-refractivity contribution in [3.8, 4) is 17.1 Å². The van der Waals surface area contributed by atoms with Crippen molar-refractivity contribution in [1.29, 1.82) is 0 Å². The molecule has 6 nitrogen and oxygen atoms in total. The van der Waals surface area contributed by atoms with E-state index in [0.29, 0.717) is 23.6 Å². The highest BCUT2D eigenvalue weighted by molar-refractivity contribution is 6.05. The number of H-pyrrole nitrogens is 1. The number of anilines is 1. The summed E-state index contributed by atoms with van der Waals surface area (Å²) in [5.74, 6) is 0.564. The van der Waals surface area contributed by atoms with Crippen LogP contribution in [-0.2, 0) is 6.54 Å². The minimum absolute atomic E-state index is 0.115. The van der Waals surface area contributed by atoms with Gasteiger partial charge in [0.25, 0.3) is 5.91 Å². The number of rotatable bonds is 4. The van der Waals surface area contributed by atoms with Gasteiger partial charge in [0.05, 0.1) is 0 Å². The van der Waals surface area contributed by atoms with Gasteiger partial charge in [0.15, 0.2) is 0 Å². The third-order valence-electron chi connectivity index (χ3n) is 3.48. The largest absolute Gasteiger partial charge is 0.508 e. The fourth-order valence-electron chi connectivity index (χ4n) is 2.25. The van der Waals surface area contributed by atoms with E-state index in [2.05, 4.69) is 15.3 Å². The maximum atomic E-state index is 12.3. The fourth-order valence-corrected chi connectivity index (χ4v) is 2.25. The van der Waals surface area contributed by atoms with E-state index in [1.807, 2.05) is 18.2 Å². The lowest BCUT2D eigenvalue weighted by atomic mass is 10.1. The van der Waals surface area contributed by atoms with Crippen LogP contribution in [0, 0.1) is 0 Å². The van der Waals surface area contributed by atoms with Crippen LogP contribution in [0.5, 0.6) is 5.75 Å². The molecule has 3 rings (SSSR count). The van der Waals surface area contributed by atoms with Crippen molar-refractivity contribution in [2.75, 3.05) is 5.32 Å². The molecule has 0 radical (unpaired) electrons. The zero-order valence-electron chi connectivity index (χ0n) is 12.3. The summed E-state index contributed by atoms with van der Waals surface area (Å²) in [6.45, 7) is 0.309. The summed E-state index contributed by atoms with van der Waals surface area (Å²) in [5, 5.41) is 12.2. The number of nitrogens with one attached hydrogen (secondary N) is 2. The van der Waals surface area contributed by atoms with Crippen LogP contribution < -0.4 is 11.1 Å². The normalized spacial score (nSPS) is 10.5. The Morgan fingerprint density at radius 3 is 2.65 bits per heavy atom. The second kappa shape index (κ2) is 6.33. The first-order valence-electron chi connectivity index (χ1n) is 7.10. The van der Waals surface area contributed by atoms with Gasteiger partial charge in [0.2, 0.25) is 0 Å². The summed E-state index contributed by atoms with van der Waals surface area (Å²) in [6, 6.07) is 11.7. The molecule has 6 heteroatoms. The van der Waals surface area contributed by atoms with Crippen LogP contribution in [0.4, 0.5) is 5.69 Å². The molecule has 0 atom stereocenters. The van der Waals surface area contributed by atoms with Crippen LogP contribution in [0.15, 0.2) is 54.9 Å². The van der Waals surface area contributed by atoms with E-state index in [0.717, 1.165) is 11.1 Å². The van der Waals surface area contributed by atoms with Gasteiger partial charge in [-0.25, -0.2) is 4.98 Å². The molecule has 0 aliphatic rings. The highest BCUT2D eigenvalue weighted by Crippen LogP contribution is 2.24. The van der Waals surface area contributed by atoms with Gasteiger partial charge in [0, 0.05) is 35.8 Å². The number of carbonyl (C=O) groups is 1. The van der Waals surface area contributed by atoms with E-state index in [9.17, 15) is 9.90 Å². The van der Waals surface area contributed by atoms with Gasteiger partial charge in [-0.1, -0.05) is 12.1 Å². The molecule has 0 bridgehead atoms. The quantitative estimate of drug-likeness (QED) is 0.594. The molecule has 0 saturated carbocycles. The van der Waals surface area contributed by atoms with Gasteiger partial charge in [-0.3, -0.25) is 4.79 Å². The van der Waals surface area contributed by atoms with Crippen LogP contribution >= 0.6 is 0 Å². The summed E-state index contributed by atoms with van der Waals surface area (Å²) in [6.07, 6.45) is 3.40. The van der Waals surface area contributed by atoms with Crippen molar-refractivity contribution in [3.05, 3.63) is 66.0 Å². The van der Waals surface area contributed by atoms with Crippen molar-refractivity contribution in [3.63, 3.8) is 0 Å². The molecular weight excluding hydrogens is 292 g/mol. The number of hydrogen-bond acceptors (Lipinski definition) is 4. The maximum absolute atomic E-state index is 12.3. The number of benzene rings is 2. The van der Waals surface area contributed by atoms with E-state index in [4.69, 9.17) is 5.73 Å². The number of aromatic nitrogens is 2. The number of carbonyl (C=O) groups excluding carboxylic acids is 1. The van der Waals surface area contributed by atoms with Crippen LogP contribution in [0.2, 0.25) is 0 Å². The molecule has 1 heterocycles. The molecule has 1 aromatic heterocycles. The number of imidazole rings is 1. The SMILES string of the molecule is NCc1ccc(-c2ncc[nH]2)cc1NC(=O)c1ccc(O)cc1. The molecule has 0 unspecified atom stereocenters. The lowest BCUT2D eigenvalue weighted by Crippen LogP contribution is -2.14. The Kier molecular flexibility index (Phi) is 4.07. The minimum Gasteiger partial charge on any atom is -0.508 e. The number of phenols is 1. The number of aromatic hydroxyl groups is 1. The van der Waals surface area contributed by atoms with Crippen molar-refractivity contribution < 1.29 is 9.90 Å². The Bertz CT molecular complexity index is 811. The molecule has 0 aliphatic carbocycles. The Morgan fingerprint density at radius 1 is 1.22 bits per heavy atom. The average Bonchev–Trinajstić information content (AvgIpc) is 3.10. The number of nitrogens with zero attached hydrogens (tertiary/aromatic N) is 1. The molecule has 0 spiro atoms. The maximum Gasteiger partial charge on any atom is 0.255 e. The highest BCUT2D eigenvalue weighted by Gasteiger charge is 2.11. The van der Waals surface area contributed by atoms with E-state index in [1.165, 1.54) is 12.1 Å². The van der Waals surface area contributed by atoms with Gasteiger partial charge < -0.3 is 21.1 Å². The number of amides is 1. The molecule has 3 aromatic rings. The Balaban J connectivity index is 1.90. The van der Waals surface area contributed by atoms with Crippen LogP contribution in [0.3, 0.4) is 0 Å². The van der Waals surface area contributed by atoms with Gasteiger partial charge in [-0.15, -0.1) is 0 Å². The molecule has 2 aromatic carbocycles. The lowest BCUT2D eigenvalue weighted by Gasteiger charge is -2.11.